The molecule has 0 heterocycles. The summed E-state index contributed by atoms with van der Waals surface area (Å²) in [4.78, 5) is 11.3. The molecule has 16 heavy (non-hydrogen) atoms. The van der Waals surface area contributed by atoms with Crippen molar-refractivity contribution in [2.75, 3.05) is 13.7 Å². The van der Waals surface area contributed by atoms with Gasteiger partial charge in [0.15, 0.2) is 0 Å². The quantitative estimate of drug-likeness (QED) is 0.708. The van der Waals surface area contributed by atoms with Crippen molar-refractivity contribution < 1.29 is 14.6 Å². The van der Waals surface area contributed by atoms with Gasteiger partial charge in [-0.25, -0.2) is 0 Å². The summed E-state index contributed by atoms with van der Waals surface area (Å²) in [6.07, 6.45) is 4.04. The van der Waals surface area contributed by atoms with Crippen LogP contribution in [0, 0.1) is 5.92 Å². The van der Waals surface area contributed by atoms with E-state index < -0.39 is 0 Å². The van der Waals surface area contributed by atoms with Gasteiger partial charge in [0.05, 0.1) is 13.7 Å². The number of methoxy groups -OCH3 is 1. The minimum atomic E-state index is -0.356. The van der Waals surface area contributed by atoms with Crippen molar-refractivity contribution in [1.29, 1.82) is 0 Å². The van der Waals surface area contributed by atoms with Crippen LogP contribution >= 0.6 is 0 Å². The lowest BCUT2D eigenvalue weighted by Gasteiger charge is -2.40. The van der Waals surface area contributed by atoms with Gasteiger partial charge in [-0.1, -0.05) is 6.92 Å². The van der Waals surface area contributed by atoms with Gasteiger partial charge in [-0.2, -0.15) is 0 Å². The smallest absolute Gasteiger partial charge is 0.322 e. The first-order valence-corrected chi connectivity index (χ1v) is 5.99. The summed E-state index contributed by atoms with van der Waals surface area (Å²) in [5, 5.41) is 12.7. The normalized spacial score (nSPS) is 32.1. The van der Waals surface area contributed by atoms with Crippen LogP contribution < -0.4 is 5.32 Å². The highest BCUT2D eigenvalue weighted by atomic mass is 16.5. The fraction of sp³-hybridized carbons (Fsp3) is 0.917. The van der Waals surface area contributed by atoms with Crippen LogP contribution in [0.2, 0.25) is 0 Å². The van der Waals surface area contributed by atoms with Crippen molar-refractivity contribution in [3.8, 4) is 0 Å². The van der Waals surface area contributed by atoms with Gasteiger partial charge < -0.3 is 9.84 Å². The van der Waals surface area contributed by atoms with Crippen LogP contribution in [-0.4, -0.2) is 36.4 Å². The molecule has 1 saturated carbocycles. The minimum Gasteiger partial charge on any atom is -0.468 e. The van der Waals surface area contributed by atoms with Crippen LogP contribution in [0.1, 0.15) is 39.5 Å². The van der Waals surface area contributed by atoms with Crippen molar-refractivity contribution in [3.05, 3.63) is 0 Å². The largest absolute Gasteiger partial charge is 0.468 e. The van der Waals surface area contributed by atoms with Crippen molar-refractivity contribution in [3.63, 3.8) is 0 Å². The molecule has 1 rings (SSSR count). The van der Waals surface area contributed by atoms with Gasteiger partial charge in [0.25, 0.3) is 0 Å². The fourth-order valence-electron chi connectivity index (χ4n) is 2.36. The average Bonchev–Trinajstić information content (AvgIpc) is 2.31. The number of aliphatic hydroxyl groups is 1. The van der Waals surface area contributed by atoms with Gasteiger partial charge in [-0.15, -0.1) is 0 Å². The maximum Gasteiger partial charge on any atom is 0.322 e. The molecule has 0 radical (unpaired) electrons. The number of rotatable bonds is 4. The van der Waals surface area contributed by atoms with E-state index in [4.69, 9.17) is 0 Å². The van der Waals surface area contributed by atoms with E-state index in [2.05, 4.69) is 17.0 Å². The molecule has 1 atom stereocenters. The molecule has 94 valence electrons. The molecule has 0 saturated heterocycles. The van der Waals surface area contributed by atoms with E-state index in [1.807, 2.05) is 0 Å². The lowest BCUT2D eigenvalue weighted by atomic mass is 9.77. The lowest BCUT2D eigenvalue weighted by Crippen LogP contribution is -2.56. The van der Waals surface area contributed by atoms with E-state index in [0.717, 1.165) is 31.6 Å². The Bertz CT molecular complexity index is 234. The Morgan fingerprint density at radius 3 is 2.56 bits per heavy atom. The summed E-state index contributed by atoms with van der Waals surface area (Å²) >= 11 is 0. The predicted molar refractivity (Wildman–Crippen MR) is 62.1 cm³/mol. The molecule has 0 aromatic heterocycles. The summed E-state index contributed by atoms with van der Waals surface area (Å²) in [5.74, 6) is 0.446. The van der Waals surface area contributed by atoms with Crippen LogP contribution in [0.5, 0.6) is 0 Å². The highest BCUT2D eigenvalue weighted by molar-refractivity contribution is 5.75. The van der Waals surface area contributed by atoms with Crippen LogP contribution in [0.25, 0.3) is 0 Å². The zero-order valence-corrected chi connectivity index (χ0v) is 10.5. The molecular weight excluding hydrogens is 206 g/mol. The van der Waals surface area contributed by atoms with E-state index >= 15 is 0 Å². The van der Waals surface area contributed by atoms with E-state index in [1.54, 1.807) is 6.92 Å². The molecule has 0 bridgehead atoms. The first-order valence-electron chi connectivity index (χ1n) is 5.99. The SMILES string of the molecule is COC(=O)C(C)NC1(CO)CCC(C)CC1. The Morgan fingerprint density at radius 1 is 1.56 bits per heavy atom. The molecule has 0 aromatic carbocycles. The number of carbonyl (C=O) groups is 1. The summed E-state index contributed by atoms with van der Waals surface area (Å²) in [7, 11) is 1.38. The van der Waals surface area contributed by atoms with Crippen molar-refractivity contribution in [2.24, 2.45) is 5.92 Å². The summed E-state index contributed by atoms with van der Waals surface area (Å²) in [6.45, 7) is 4.09. The second kappa shape index (κ2) is 5.64. The van der Waals surface area contributed by atoms with Gasteiger partial charge in [0.2, 0.25) is 0 Å². The van der Waals surface area contributed by atoms with E-state index in [-0.39, 0.29) is 24.2 Å². The van der Waals surface area contributed by atoms with Crippen molar-refractivity contribution in [1.82, 2.24) is 5.32 Å². The summed E-state index contributed by atoms with van der Waals surface area (Å²) in [6, 6.07) is -0.356. The van der Waals surface area contributed by atoms with Crippen molar-refractivity contribution in [2.45, 2.75) is 51.1 Å². The van der Waals surface area contributed by atoms with E-state index in [9.17, 15) is 9.90 Å². The first kappa shape index (κ1) is 13.5. The molecule has 2 N–H and O–H groups in total. The topological polar surface area (TPSA) is 58.6 Å². The van der Waals surface area contributed by atoms with Gasteiger partial charge >= 0.3 is 5.97 Å². The number of nitrogens with one attached hydrogen (secondary N) is 1. The molecule has 0 aromatic rings. The van der Waals surface area contributed by atoms with Crippen LogP contribution in [-0.2, 0) is 9.53 Å². The predicted octanol–water partition coefficient (Wildman–Crippen LogP) is 1.08. The second-order valence-electron chi connectivity index (χ2n) is 5.01. The maximum atomic E-state index is 11.3. The molecule has 1 fully saturated rings. The highest BCUT2D eigenvalue weighted by Gasteiger charge is 2.35. The molecule has 0 spiro atoms. The van der Waals surface area contributed by atoms with E-state index in [1.165, 1.54) is 7.11 Å². The van der Waals surface area contributed by atoms with Crippen molar-refractivity contribution >= 4 is 5.97 Å². The number of aliphatic hydroxyl groups excluding tert-OH is 1. The molecule has 1 unspecified atom stereocenters. The molecular formula is C12H23NO3. The standard InChI is InChI=1S/C12H23NO3/c1-9-4-6-12(8-14,7-5-9)13-10(2)11(15)16-3/h9-10,13-14H,4-8H2,1-3H3. The summed E-state index contributed by atoms with van der Waals surface area (Å²) in [5.41, 5.74) is -0.292. The van der Waals surface area contributed by atoms with Gasteiger partial charge in [-0.05, 0) is 38.5 Å². The monoisotopic (exact) mass is 229 g/mol. The molecule has 0 aliphatic heterocycles. The third kappa shape index (κ3) is 3.19. The zero-order chi connectivity index (χ0) is 12.2. The minimum absolute atomic E-state index is 0.0844. The number of carbonyl (C=O) groups excluding carboxylic acids is 1. The number of ether oxygens (including phenoxy) is 1. The first-order chi connectivity index (χ1) is 7.53. The highest BCUT2D eigenvalue weighted by Crippen LogP contribution is 2.31. The second-order valence-corrected chi connectivity index (χ2v) is 5.01. The Balaban J connectivity index is 2.57. The third-order valence-corrected chi connectivity index (χ3v) is 3.61. The Kier molecular flexibility index (Phi) is 4.74. The molecule has 1 aliphatic rings. The van der Waals surface area contributed by atoms with Gasteiger partial charge in [0.1, 0.15) is 6.04 Å². The molecule has 4 heteroatoms. The Hall–Kier alpha value is -0.610. The van der Waals surface area contributed by atoms with Gasteiger partial charge in [0, 0.05) is 5.54 Å². The Labute approximate surface area is 97.4 Å². The number of hydrogen-bond donors (Lipinski definition) is 2. The molecule has 0 amide bonds. The van der Waals surface area contributed by atoms with Crippen LogP contribution in [0.4, 0.5) is 0 Å². The average molecular weight is 229 g/mol. The van der Waals surface area contributed by atoms with Crippen LogP contribution in [0.3, 0.4) is 0 Å². The number of hydrogen-bond acceptors (Lipinski definition) is 4. The third-order valence-electron chi connectivity index (χ3n) is 3.61. The fourth-order valence-corrected chi connectivity index (χ4v) is 2.36. The molecule has 1 aliphatic carbocycles. The van der Waals surface area contributed by atoms with Gasteiger partial charge in [-0.3, -0.25) is 10.1 Å². The number of esters is 1. The molecule has 4 nitrogen and oxygen atoms in total. The lowest BCUT2D eigenvalue weighted by molar-refractivity contribution is -0.143. The zero-order valence-electron chi connectivity index (χ0n) is 10.5. The van der Waals surface area contributed by atoms with E-state index in [0.29, 0.717) is 0 Å². The van der Waals surface area contributed by atoms with Crippen LogP contribution in [0.15, 0.2) is 0 Å². The Morgan fingerprint density at radius 2 is 2.12 bits per heavy atom. The summed E-state index contributed by atoms with van der Waals surface area (Å²) < 4.78 is 4.68. The maximum absolute atomic E-state index is 11.3.